The van der Waals surface area contributed by atoms with Crippen LogP contribution in [0, 0.1) is 18.8 Å². The molecule has 4 rings (SSSR count). The van der Waals surface area contributed by atoms with Crippen LogP contribution in [0.4, 0.5) is 5.69 Å². The zero-order chi connectivity index (χ0) is 23.0. The van der Waals surface area contributed by atoms with Crippen LogP contribution in [0.25, 0.3) is 0 Å². The Bertz CT molecular complexity index is 1130. The Labute approximate surface area is 178 Å². The van der Waals surface area contributed by atoms with E-state index in [1.165, 1.54) is 0 Å². The molecule has 6 N–H and O–H groups in total. The molecule has 164 valence electrons. The molecule has 31 heavy (non-hydrogen) atoms. The molecule has 0 spiro atoms. The Hall–Kier alpha value is -3.33. The van der Waals surface area contributed by atoms with Crippen LogP contribution in [0.1, 0.15) is 34.3 Å². The summed E-state index contributed by atoms with van der Waals surface area (Å²) in [5.41, 5.74) is 3.57. The number of nitrogens with two attached hydrogens (primary N) is 1. The third-order valence-electron chi connectivity index (χ3n) is 6.71. The summed E-state index contributed by atoms with van der Waals surface area (Å²) in [7, 11) is 3.63. The zero-order valence-electron chi connectivity index (χ0n) is 17.4. The number of nitrogens with zero attached hydrogens (tertiary/aromatic N) is 1. The van der Waals surface area contributed by atoms with Crippen molar-refractivity contribution >= 4 is 23.2 Å². The van der Waals surface area contributed by atoms with Gasteiger partial charge in [-0.3, -0.25) is 14.4 Å². The first-order chi connectivity index (χ1) is 14.4. The fourth-order valence-electron chi connectivity index (χ4n) is 5.20. The van der Waals surface area contributed by atoms with Crippen LogP contribution in [-0.4, -0.2) is 57.6 Å². The summed E-state index contributed by atoms with van der Waals surface area (Å²) in [6, 6.07) is 1.77. The van der Waals surface area contributed by atoms with Gasteiger partial charge in [0.1, 0.15) is 22.8 Å². The Morgan fingerprint density at radius 3 is 2.42 bits per heavy atom. The van der Waals surface area contributed by atoms with Gasteiger partial charge in [0, 0.05) is 37.7 Å². The monoisotopic (exact) mass is 428 g/mol. The topological polar surface area (TPSA) is 161 Å². The van der Waals surface area contributed by atoms with Gasteiger partial charge in [0.25, 0.3) is 5.91 Å². The molecule has 0 bridgehead atoms. The Balaban J connectivity index is 1.94. The molecule has 3 aliphatic rings. The van der Waals surface area contributed by atoms with Gasteiger partial charge in [-0.15, -0.1) is 0 Å². The molecular formula is C22H24N2O7. The van der Waals surface area contributed by atoms with Gasteiger partial charge in [-0.1, -0.05) is 0 Å². The highest BCUT2D eigenvalue weighted by molar-refractivity contribution is 6.24. The van der Waals surface area contributed by atoms with E-state index in [4.69, 9.17) is 5.73 Å². The molecule has 0 aliphatic heterocycles. The molecule has 0 unspecified atom stereocenters. The molecule has 1 aromatic rings. The van der Waals surface area contributed by atoms with Crippen LogP contribution < -0.4 is 10.6 Å². The third-order valence-corrected chi connectivity index (χ3v) is 6.71. The summed E-state index contributed by atoms with van der Waals surface area (Å²) >= 11 is 0. The van der Waals surface area contributed by atoms with Crippen molar-refractivity contribution < 1.29 is 34.8 Å². The predicted octanol–water partition coefficient (Wildman–Crippen LogP) is 0.955. The van der Waals surface area contributed by atoms with Crippen LogP contribution in [0.5, 0.6) is 5.75 Å². The first-order valence-corrected chi connectivity index (χ1v) is 9.91. The van der Waals surface area contributed by atoms with E-state index in [0.717, 1.165) is 5.69 Å². The highest BCUT2D eigenvalue weighted by Gasteiger charge is 2.59. The van der Waals surface area contributed by atoms with Crippen LogP contribution in [0.2, 0.25) is 0 Å². The smallest absolute Gasteiger partial charge is 0.255 e. The van der Waals surface area contributed by atoms with Crippen LogP contribution in [-0.2, 0) is 16.0 Å². The van der Waals surface area contributed by atoms with Crippen molar-refractivity contribution in [1.29, 1.82) is 0 Å². The molecule has 0 saturated heterocycles. The number of allylic oxidation sites excluding steroid dienone is 2. The first-order valence-electron chi connectivity index (χ1n) is 9.91. The fraction of sp³-hybridized carbons (Fsp3) is 0.409. The summed E-state index contributed by atoms with van der Waals surface area (Å²) < 4.78 is 0. The summed E-state index contributed by atoms with van der Waals surface area (Å²) in [6.07, 6.45) is 0.162. The lowest BCUT2D eigenvalue weighted by Gasteiger charge is -2.45. The molecule has 1 amide bonds. The highest BCUT2D eigenvalue weighted by atomic mass is 16.3. The number of Topliss-reactive ketones (excluding diaryl/α,β-unsaturated/α-hetero) is 2. The highest BCUT2D eigenvalue weighted by Crippen LogP contribution is 2.52. The number of rotatable bonds is 2. The van der Waals surface area contributed by atoms with E-state index in [2.05, 4.69) is 0 Å². The van der Waals surface area contributed by atoms with E-state index < -0.39 is 52.0 Å². The lowest BCUT2D eigenvalue weighted by molar-refractivity contribution is -0.144. The molecule has 0 radical (unpaired) electrons. The van der Waals surface area contributed by atoms with E-state index in [1.807, 2.05) is 19.0 Å². The van der Waals surface area contributed by atoms with Gasteiger partial charge >= 0.3 is 0 Å². The number of phenolic OH excluding ortho intramolecular Hbond substituents is 1. The fourth-order valence-corrected chi connectivity index (χ4v) is 5.20. The number of primary amides is 1. The average molecular weight is 428 g/mol. The second-order valence-corrected chi connectivity index (χ2v) is 8.72. The number of anilines is 1. The average Bonchev–Trinajstić information content (AvgIpc) is 2.66. The second kappa shape index (κ2) is 6.58. The number of phenols is 1. The molecule has 9 heteroatoms. The maximum Gasteiger partial charge on any atom is 0.255 e. The Morgan fingerprint density at radius 1 is 1.19 bits per heavy atom. The maximum atomic E-state index is 13.4. The van der Waals surface area contributed by atoms with E-state index in [1.54, 1.807) is 13.0 Å². The number of aliphatic hydroxyl groups excluding tert-OH is 2. The van der Waals surface area contributed by atoms with Gasteiger partial charge in [0.05, 0.1) is 5.56 Å². The van der Waals surface area contributed by atoms with Crippen molar-refractivity contribution in [2.45, 2.75) is 31.8 Å². The molecule has 0 aromatic heterocycles. The van der Waals surface area contributed by atoms with Crippen molar-refractivity contribution in [2.24, 2.45) is 17.6 Å². The number of ketones is 2. The van der Waals surface area contributed by atoms with Crippen molar-refractivity contribution in [3.63, 3.8) is 0 Å². The van der Waals surface area contributed by atoms with Crippen molar-refractivity contribution in [3.8, 4) is 5.75 Å². The summed E-state index contributed by atoms with van der Waals surface area (Å²) in [4.78, 5) is 39.8. The largest absolute Gasteiger partial charge is 0.511 e. The lowest BCUT2D eigenvalue weighted by atomic mass is 9.60. The number of hydrogen-bond acceptors (Lipinski definition) is 8. The molecule has 1 aromatic carbocycles. The number of carbonyl (C=O) groups is 3. The van der Waals surface area contributed by atoms with Crippen LogP contribution in [0.3, 0.4) is 0 Å². The number of carbonyl (C=O) groups excluding carboxylic acids is 3. The number of fused-ring (bicyclic) bond motifs is 3. The Kier molecular flexibility index (Phi) is 4.44. The number of aromatic hydroxyl groups is 1. The number of amides is 1. The molecule has 0 saturated carbocycles. The molecule has 0 fully saturated rings. The number of aryl methyl sites for hydroxylation is 1. The molecule has 0 heterocycles. The zero-order valence-corrected chi connectivity index (χ0v) is 17.4. The van der Waals surface area contributed by atoms with Gasteiger partial charge in [-0.2, -0.15) is 0 Å². The minimum absolute atomic E-state index is 0.0281. The minimum atomic E-state index is -2.54. The normalized spacial score (nSPS) is 27.6. The predicted molar refractivity (Wildman–Crippen MR) is 110 cm³/mol. The Morgan fingerprint density at radius 2 is 1.84 bits per heavy atom. The summed E-state index contributed by atoms with van der Waals surface area (Å²) in [5, 5.41) is 43.0. The van der Waals surface area contributed by atoms with Gasteiger partial charge in [0.15, 0.2) is 11.4 Å². The SMILES string of the molecule is Cc1cc(N(C)C)c2c(c1O)C(=O)C1=C(O)[C@]3(O)C(=O)C(C(N)=O)=C(O)C[C@@H]3C[C@@H]1C2. The van der Waals surface area contributed by atoms with Gasteiger partial charge in [0.2, 0.25) is 5.78 Å². The maximum absolute atomic E-state index is 13.4. The van der Waals surface area contributed by atoms with Gasteiger partial charge in [-0.05, 0) is 42.9 Å². The van der Waals surface area contributed by atoms with Crippen LogP contribution >= 0.6 is 0 Å². The van der Waals surface area contributed by atoms with Crippen LogP contribution in [0.15, 0.2) is 28.7 Å². The lowest BCUT2D eigenvalue weighted by Crippen LogP contribution is -2.57. The molecular weight excluding hydrogens is 404 g/mol. The molecule has 3 atom stereocenters. The number of hydrogen-bond donors (Lipinski definition) is 5. The third kappa shape index (κ3) is 2.62. The molecule has 9 nitrogen and oxygen atoms in total. The van der Waals surface area contributed by atoms with E-state index >= 15 is 0 Å². The molecule has 3 aliphatic carbocycles. The number of aliphatic hydroxyl groups is 3. The van der Waals surface area contributed by atoms with Crippen molar-refractivity contribution in [1.82, 2.24) is 0 Å². The van der Waals surface area contributed by atoms with E-state index in [-0.39, 0.29) is 36.1 Å². The van der Waals surface area contributed by atoms with Gasteiger partial charge in [-0.25, -0.2) is 0 Å². The quantitative estimate of drug-likeness (QED) is 0.435. The summed E-state index contributed by atoms with van der Waals surface area (Å²) in [5.74, 6) is -6.19. The van der Waals surface area contributed by atoms with E-state index in [9.17, 15) is 34.8 Å². The summed E-state index contributed by atoms with van der Waals surface area (Å²) in [6.45, 7) is 1.65. The van der Waals surface area contributed by atoms with Gasteiger partial charge < -0.3 is 31.1 Å². The second-order valence-electron chi connectivity index (χ2n) is 8.72. The van der Waals surface area contributed by atoms with E-state index in [0.29, 0.717) is 11.1 Å². The number of benzene rings is 1. The first kappa shape index (κ1) is 20.9. The standard InChI is InChI=1S/C22H24N2O7/c1-8-4-12(24(2)3)11-6-9-5-10-7-13(25)16(21(23)30)20(29)22(10,31)19(28)14(9)18(27)15(11)17(8)26/h4,9-10,25-26,28,31H,5-7H2,1-3H3,(H2,23,30)/t9-,10+,22+/m1/s1. The minimum Gasteiger partial charge on any atom is -0.511 e. The van der Waals surface area contributed by atoms with Crippen molar-refractivity contribution in [3.05, 3.63) is 45.4 Å². The van der Waals surface area contributed by atoms with Crippen molar-refractivity contribution in [2.75, 3.05) is 19.0 Å².